The number of carboxylic acid groups (broad SMARTS) is 1. The van der Waals surface area contributed by atoms with Gasteiger partial charge in [-0.2, -0.15) is 5.10 Å². The number of fused-ring (bicyclic) bond motifs is 1. The summed E-state index contributed by atoms with van der Waals surface area (Å²) in [4.78, 5) is 16.0. The third-order valence-electron chi connectivity index (χ3n) is 4.50. The molecular weight excluding hydrogens is 314 g/mol. The monoisotopic (exact) mass is 331 g/mol. The number of pyridine rings is 1. The number of aryl methyl sites for hydroxylation is 1. The minimum absolute atomic E-state index is 0.0980. The van der Waals surface area contributed by atoms with E-state index in [9.17, 15) is 9.90 Å². The maximum atomic E-state index is 11.4. The number of aliphatic carboxylic acids is 1. The molecule has 0 spiro atoms. The average molecular weight is 331 g/mol. The standard InChI is InChI=1S/C20H17N3O2/c1-12-5-4-8-17(21-12)15-7-3-2-6-14(15)13-9-10-18-16(11-13)19(20(24)25)23-22-18/h2-11,16,18,22H,1H3,(H,24,25). The van der Waals surface area contributed by atoms with E-state index < -0.39 is 5.97 Å². The number of hydrogen-bond acceptors (Lipinski definition) is 4. The molecule has 2 unspecified atom stereocenters. The lowest BCUT2D eigenvalue weighted by Crippen LogP contribution is -2.30. The van der Waals surface area contributed by atoms with E-state index in [1.807, 2.05) is 67.6 Å². The third kappa shape index (κ3) is 2.74. The van der Waals surface area contributed by atoms with Crippen molar-refractivity contribution in [1.82, 2.24) is 10.4 Å². The van der Waals surface area contributed by atoms with Crippen molar-refractivity contribution in [3.05, 3.63) is 72.0 Å². The molecule has 2 aromatic rings. The highest BCUT2D eigenvalue weighted by Gasteiger charge is 2.34. The summed E-state index contributed by atoms with van der Waals surface area (Å²) >= 11 is 0. The number of nitrogens with one attached hydrogen (secondary N) is 1. The van der Waals surface area contributed by atoms with E-state index >= 15 is 0 Å². The molecule has 0 radical (unpaired) electrons. The lowest BCUT2D eigenvalue weighted by atomic mass is 9.85. The fraction of sp³-hybridized carbons (Fsp3) is 0.150. The average Bonchev–Trinajstić information content (AvgIpc) is 3.05. The molecule has 1 aliphatic heterocycles. The van der Waals surface area contributed by atoms with Crippen LogP contribution in [0.25, 0.3) is 16.8 Å². The summed E-state index contributed by atoms with van der Waals surface area (Å²) in [6.07, 6.45) is 5.97. The van der Waals surface area contributed by atoms with Gasteiger partial charge < -0.3 is 10.5 Å². The van der Waals surface area contributed by atoms with Gasteiger partial charge in [0.1, 0.15) is 0 Å². The fourth-order valence-corrected chi connectivity index (χ4v) is 3.29. The van der Waals surface area contributed by atoms with Crippen molar-refractivity contribution in [2.75, 3.05) is 0 Å². The van der Waals surface area contributed by atoms with Crippen LogP contribution in [0.2, 0.25) is 0 Å². The number of allylic oxidation sites excluding steroid dienone is 2. The number of hydrogen-bond donors (Lipinski definition) is 2. The molecule has 5 heteroatoms. The molecule has 0 saturated heterocycles. The summed E-state index contributed by atoms with van der Waals surface area (Å²) in [6.45, 7) is 1.97. The first-order valence-corrected chi connectivity index (χ1v) is 8.13. The highest BCUT2D eigenvalue weighted by molar-refractivity contribution is 6.37. The van der Waals surface area contributed by atoms with Crippen molar-refractivity contribution in [3.8, 4) is 11.3 Å². The minimum atomic E-state index is -0.987. The molecule has 1 aliphatic carbocycles. The second-order valence-corrected chi connectivity index (χ2v) is 6.17. The van der Waals surface area contributed by atoms with Gasteiger partial charge in [-0.15, -0.1) is 0 Å². The predicted octanol–water partition coefficient (Wildman–Crippen LogP) is 3.04. The van der Waals surface area contributed by atoms with Gasteiger partial charge >= 0.3 is 5.97 Å². The van der Waals surface area contributed by atoms with Gasteiger partial charge in [-0.3, -0.25) is 4.98 Å². The molecule has 0 bridgehead atoms. The highest BCUT2D eigenvalue weighted by Crippen LogP contribution is 2.33. The van der Waals surface area contributed by atoms with Crippen molar-refractivity contribution in [2.45, 2.75) is 13.0 Å². The summed E-state index contributed by atoms with van der Waals surface area (Å²) in [5, 5.41) is 13.3. The normalized spacial score (nSPS) is 21.2. The number of carboxylic acids is 1. The van der Waals surface area contributed by atoms with Gasteiger partial charge in [0.2, 0.25) is 0 Å². The summed E-state index contributed by atoms with van der Waals surface area (Å²) in [7, 11) is 0. The van der Waals surface area contributed by atoms with Gasteiger partial charge in [0, 0.05) is 11.3 Å². The molecule has 1 aromatic carbocycles. The Balaban J connectivity index is 1.78. The number of nitrogens with zero attached hydrogens (tertiary/aromatic N) is 2. The summed E-state index contributed by atoms with van der Waals surface area (Å²) < 4.78 is 0. The topological polar surface area (TPSA) is 74.6 Å². The molecule has 4 rings (SSSR count). The Morgan fingerprint density at radius 1 is 1.12 bits per heavy atom. The van der Waals surface area contributed by atoms with E-state index in [2.05, 4.69) is 15.5 Å². The Hall–Kier alpha value is -3.21. The van der Waals surface area contributed by atoms with Gasteiger partial charge in [-0.05, 0) is 30.2 Å². The van der Waals surface area contributed by atoms with Crippen molar-refractivity contribution >= 4 is 17.3 Å². The van der Waals surface area contributed by atoms with Crippen LogP contribution in [0.3, 0.4) is 0 Å². The van der Waals surface area contributed by atoms with Gasteiger partial charge in [0.05, 0.1) is 17.7 Å². The van der Waals surface area contributed by atoms with Gasteiger partial charge in [-0.1, -0.05) is 48.6 Å². The molecule has 2 atom stereocenters. The van der Waals surface area contributed by atoms with Crippen molar-refractivity contribution in [1.29, 1.82) is 0 Å². The van der Waals surface area contributed by atoms with Gasteiger partial charge in [0.25, 0.3) is 0 Å². The van der Waals surface area contributed by atoms with Crippen LogP contribution in [0.4, 0.5) is 0 Å². The second kappa shape index (κ2) is 6.02. The lowest BCUT2D eigenvalue weighted by Gasteiger charge is -2.20. The number of carbonyl (C=O) groups is 1. The number of benzene rings is 1. The van der Waals surface area contributed by atoms with Crippen LogP contribution in [-0.4, -0.2) is 27.8 Å². The predicted molar refractivity (Wildman–Crippen MR) is 97.0 cm³/mol. The maximum absolute atomic E-state index is 11.4. The van der Waals surface area contributed by atoms with E-state index in [0.717, 1.165) is 28.1 Å². The summed E-state index contributed by atoms with van der Waals surface area (Å²) in [6, 6.07) is 13.9. The van der Waals surface area contributed by atoms with E-state index in [1.165, 1.54) is 0 Å². The van der Waals surface area contributed by atoms with Crippen LogP contribution < -0.4 is 5.43 Å². The van der Waals surface area contributed by atoms with Crippen molar-refractivity contribution in [2.24, 2.45) is 11.0 Å². The molecule has 124 valence electrons. The van der Waals surface area contributed by atoms with Crippen LogP contribution in [0.5, 0.6) is 0 Å². The molecule has 2 aliphatic rings. The fourth-order valence-electron chi connectivity index (χ4n) is 3.29. The van der Waals surface area contributed by atoms with Gasteiger partial charge in [0.15, 0.2) is 5.71 Å². The summed E-state index contributed by atoms with van der Waals surface area (Å²) in [5.74, 6) is -1.25. The Bertz CT molecular complexity index is 943. The van der Waals surface area contributed by atoms with Crippen LogP contribution in [0.15, 0.2) is 65.8 Å². The molecule has 5 nitrogen and oxygen atoms in total. The minimum Gasteiger partial charge on any atom is -0.477 e. The Labute approximate surface area is 145 Å². The first kappa shape index (κ1) is 15.3. The zero-order valence-electron chi connectivity index (χ0n) is 13.7. The zero-order valence-corrected chi connectivity index (χ0v) is 13.7. The molecule has 0 amide bonds. The molecule has 0 fully saturated rings. The second-order valence-electron chi connectivity index (χ2n) is 6.17. The SMILES string of the molecule is Cc1cccc(-c2ccccc2C2=CC3C(C(=O)O)=NNC3C=C2)n1. The quantitative estimate of drug-likeness (QED) is 0.906. The Kier molecular flexibility index (Phi) is 3.69. The van der Waals surface area contributed by atoms with E-state index in [1.54, 1.807) is 0 Å². The molecule has 1 aromatic heterocycles. The number of hydrazone groups is 1. The maximum Gasteiger partial charge on any atom is 0.352 e. The van der Waals surface area contributed by atoms with E-state index in [-0.39, 0.29) is 17.7 Å². The first-order chi connectivity index (χ1) is 12.1. The molecular formula is C20H17N3O2. The van der Waals surface area contributed by atoms with E-state index in [4.69, 9.17) is 0 Å². The number of rotatable bonds is 3. The van der Waals surface area contributed by atoms with Crippen molar-refractivity contribution < 1.29 is 9.90 Å². The first-order valence-electron chi connectivity index (χ1n) is 8.13. The molecule has 0 saturated carbocycles. The summed E-state index contributed by atoms with van der Waals surface area (Å²) in [5.41, 5.74) is 7.94. The van der Waals surface area contributed by atoms with Gasteiger partial charge in [-0.25, -0.2) is 4.79 Å². The molecule has 2 N–H and O–H groups in total. The van der Waals surface area contributed by atoms with Crippen LogP contribution >= 0.6 is 0 Å². The zero-order chi connectivity index (χ0) is 17.4. The van der Waals surface area contributed by atoms with Crippen LogP contribution in [0, 0.1) is 12.8 Å². The van der Waals surface area contributed by atoms with E-state index in [0.29, 0.717) is 0 Å². The Morgan fingerprint density at radius 2 is 1.92 bits per heavy atom. The smallest absolute Gasteiger partial charge is 0.352 e. The van der Waals surface area contributed by atoms with Crippen LogP contribution in [0.1, 0.15) is 11.3 Å². The molecule has 2 heterocycles. The highest BCUT2D eigenvalue weighted by atomic mass is 16.4. The largest absolute Gasteiger partial charge is 0.477 e. The number of aromatic nitrogens is 1. The van der Waals surface area contributed by atoms with Crippen LogP contribution in [-0.2, 0) is 4.79 Å². The Morgan fingerprint density at radius 3 is 2.68 bits per heavy atom. The molecule has 25 heavy (non-hydrogen) atoms. The van der Waals surface area contributed by atoms with Crippen molar-refractivity contribution in [3.63, 3.8) is 0 Å². The third-order valence-corrected chi connectivity index (χ3v) is 4.50. The lowest BCUT2D eigenvalue weighted by molar-refractivity contribution is -0.129.